The number of ether oxygens (including phenoxy) is 5. The third-order valence-electron chi connectivity index (χ3n) is 12.8. The Hall–Kier alpha value is -5.92. The van der Waals surface area contributed by atoms with Crippen molar-refractivity contribution >= 4 is 23.9 Å². The second-order valence-corrected chi connectivity index (χ2v) is 20.2. The smallest absolute Gasteiger partial charge is 0.335 e. The summed E-state index contributed by atoms with van der Waals surface area (Å²) in [5, 5.41) is 31.5. The van der Waals surface area contributed by atoms with Crippen molar-refractivity contribution in [2.45, 2.75) is 237 Å². The predicted octanol–water partition coefficient (Wildman–Crippen LogP) is 16.7. The van der Waals surface area contributed by atoms with Gasteiger partial charge in [0.25, 0.3) is 0 Å². The van der Waals surface area contributed by atoms with Crippen LogP contribution in [0, 0.1) is 0 Å². The molecule has 0 aromatic heterocycles. The normalized spacial score (nSPS) is 18.8. The van der Waals surface area contributed by atoms with Crippen LogP contribution in [-0.2, 0) is 42.9 Å². The van der Waals surface area contributed by atoms with Crippen LogP contribution in [0.15, 0.2) is 170 Å². The quantitative estimate of drug-likeness (QED) is 0.0228. The maximum atomic E-state index is 13.2. The number of unbranched alkanes of at least 4 members (excludes halogenated alkanes) is 9. The summed E-state index contributed by atoms with van der Waals surface area (Å²) in [4.78, 5) is 51.2. The number of hydrogen-bond acceptors (Lipinski definition) is 11. The van der Waals surface area contributed by atoms with Gasteiger partial charge >= 0.3 is 23.9 Å². The summed E-state index contributed by atoms with van der Waals surface area (Å²) in [6.07, 6.45) is 71.9. The zero-order valence-corrected chi connectivity index (χ0v) is 50.9. The number of carboxylic acids is 1. The van der Waals surface area contributed by atoms with Crippen LogP contribution in [0.1, 0.15) is 201 Å². The van der Waals surface area contributed by atoms with Crippen molar-refractivity contribution in [1.82, 2.24) is 0 Å². The number of carboxylic acid groups (broad SMARTS) is 1. The molecule has 462 valence electrons. The minimum Gasteiger partial charge on any atom is -0.479 e. The molecule has 0 aliphatic carbocycles. The first-order valence-corrected chi connectivity index (χ1v) is 31.1. The molecule has 0 spiro atoms. The molecule has 0 radical (unpaired) electrons. The zero-order chi connectivity index (χ0) is 60.3. The molecule has 1 rings (SSSR count). The number of rotatable bonds is 50. The number of esters is 3. The lowest BCUT2D eigenvalue weighted by atomic mass is 9.98. The monoisotopic (exact) mass is 1150 g/mol. The van der Waals surface area contributed by atoms with Gasteiger partial charge in [0, 0.05) is 12.8 Å². The van der Waals surface area contributed by atoms with Gasteiger partial charge in [-0.2, -0.15) is 0 Å². The standard InChI is InChI=1S/C71H106O12/c1-4-7-10-13-16-19-22-25-28-30-32-34-37-39-42-45-48-51-54-57-63(72)79-60-62(81-64(73)58-55-52-49-46-43-41-38-35-33-31-29-26-23-20-17-14-11-8-5-2)61-80-71-69(67(76)66(75)68(83-71)70(77)78)82-65(74)59-56-53-50-47-44-40-36-27-24-21-18-15-12-9-6-3/h7-12,16-21,25-29,32-36,39,42,44,47,53,56,62,66-69,71,75-76H,4-6,13-15,22-24,30-31,37-38,40-41,43,45-46,48-52,54-55,57-61H2,1-3H3,(H,77,78)/b10-7-,11-8-,12-9-,19-16-,20-17-,21-18-,28-25-,29-26-,34-32-,35-33-,36-27-,42-39-,47-44-,56-53-. The molecule has 1 aliphatic heterocycles. The molecule has 1 aliphatic rings. The maximum Gasteiger partial charge on any atom is 0.335 e. The van der Waals surface area contributed by atoms with Gasteiger partial charge in [-0.15, -0.1) is 0 Å². The van der Waals surface area contributed by atoms with Crippen molar-refractivity contribution in [3.63, 3.8) is 0 Å². The van der Waals surface area contributed by atoms with Gasteiger partial charge in [0.2, 0.25) is 0 Å². The molecule has 0 amide bonds. The highest BCUT2D eigenvalue weighted by atomic mass is 16.7. The van der Waals surface area contributed by atoms with Crippen LogP contribution in [0.2, 0.25) is 0 Å². The molecular formula is C71H106O12. The molecule has 0 aromatic carbocycles. The largest absolute Gasteiger partial charge is 0.479 e. The number of hydrogen-bond donors (Lipinski definition) is 3. The van der Waals surface area contributed by atoms with Crippen LogP contribution >= 0.6 is 0 Å². The highest BCUT2D eigenvalue weighted by Crippen LogP contribution is 2.26. The summed E-state index contributed by atoms with van der Waals surface area (Å²) in [5.74, 6) is -3.38. The molecule has 1 fully saturated rings. The molecule has 0 saturated carbocycles. The Bertz CT molecular complexity index is 2090. The van der Waals surface area contributed by atoms with Gasteiger partial charge in [-0.25, -0.2) is 4.79 Å². The van der Waals surface area contributed by atoms with Crippen LogP contribution in [0.5, 0.6) is 0 Å². The lowest BCUT2D eigenvalue weighted by Crippen LogP contribution is -2.61. The van der Waals surface area contributed by atoms with Crippen LogP contribution in [0.25, 0.3) is 0 Å². The van der Waals surface area contributed by atoms with E-state index >= 15 is 0 Å². The minimum atomic E-state index is -1.95. The van der Waals surface area contributed by atoms with Gasteiger partial charge < -0.3 is 39.0 Å². The van der Waals surface area contributed by atoms with E-state index in [1.165, 1.54) is 0 Å². The summed E-state index contributed by atoms with van der Waals surface area (Å²) in [5.41, 5.74) is 0. The van der Waals surface area contributed by atoms with Crippen molar-refractivity contribution in [1.29, 1.82) is 0 Å². The van der Waals surface area contributed by atoms with Gasteiger partial charge in [-0.05, 0) is 128 Å². The van der Waals surface area contributed by atoms with E-state index in [4.69, 9.17) is 23.7 Å². The first kappa shape index (κ1) is 75.1. The Morgan fingerprint density at radius 2 is 0.759 bits per heavy atom. The van der Waals surface area contributed by atoms with Crippen LogP contribution in [0.3, 0.4) is 0 Å². The summed E-state index contributed by atoms with van der Waals surface area (Å²) in [6.45, 7) is 5.56. The third-order valence-corrected chi connectivity index (χ3v) is 12.8. The predicted molar refractivity (Wildman–Crippen MR) is 339 cm³/mol. The number of aliphatic hydroxyl groups excluding tert-OH is 2. The number of carbonyl (C=O) groups excluding carboxylic acids is 3. The average Bonchev–Trinajstić information content (AvgIpc) is 3.58. The Morgan fingerprint density at radius 3 is 1.17 bits per heavy atom. The fraction of sp³-hybridized carbons (Fsp3) is 0.549. The van der Waals surface area contributed by atoms with E-state index in [0.717, 1.165) is 141 Å². The number of carbonyl (C=O) groups is 4. The molecule has 12 nitrogen and oxygen atoms in total. The number of aliphatic hydroxyl groups is 2. The Balaban J connectivity index is 2.77. The van der Waals surface area contributed by atoms with E-state index in [0.29, 0.717) is 19.3 Å². The Labute approximate surface area is 500 Å². The summed E-state index contributed by atoms with van der Waals surface area (Å²) in [6, 6.07) is 0. The molecule has 83 heavy (non-hydrogen) atoms. The van der Waals surface area contributed by atoms with Gasteiger partial charge in [-0.1, -0.05) is 223 Å². The highest BCUT2D eigenvalue weighted by molar-refractivity contribution is 5.74. The molecule has 12 heteroatoms. The molecule has 0 bridgehead atoms. The van der Waals surface area contributed by atoms with Crippen LogP contribution < -0.4 is 0 Å². The summed E-state index contributed by atoms with van der Waals surface area (Å²) >= 11 is 0. The van der Waals surface area contributed by atoms with E-state index in [9.17, 15) is 34.5 Å². The molecule has 1 saturated heterocycles. The second kappa shape index (κ2) is 56.6. The number of aliphatic carboxylic acids is 1. The fourth-order valence-corrected chi connectivity index (χ4v) is 8.17. The molecule has 3 N–H and O–H groups in total. The van der Waals surface area contributed by atoms with Crippen molar-refractivity contribution in [3.8, 4) is 0 Å². The van der Waals surface area contributed by atoms with Crippen molar-refractivity contribution in [2.75, 3.05) is 13.2 Å². The number of allylic oxidation sites excluding steroid dienone is 27. The molecule has 6 atom stereocenters. The molecule has 0 aromatic rings. The van der Waals surface area contributed by atoms with Gasteiger partial charge in [0.05, 0.1) is 13.0 Å². The lowest BCUT2D eigenvalue weighted by Gasteiger charge is -2.40. The van der Waals surface area contributed by atoms with Crippen LogP contribution in [0.4, 0.5) is 0 Å². The molecular weight excluding hydrogens is 1040 g/mol. The van der Waals surface area contributed by atoms with Gasteiger partial charge in [0.1, 0.15) is 18.8 Å². The van der Waals surface area contributed by atoms with Gasteiger partial charge in [0.15, 0.2) is 24.6 Å². The second-order valence-electron chi connectivity index (χ2n) is 20.2. The third kappa shape index (κ3) is 46.2. The molecule has 1 heterocycles. The highest BCUT2D eigenvalue weighted by Gasteiger charge is 2.50. The maximum absolute atomic E-state index is 13.2. The molecule has 6 unspecified atom stereocenters. The summed E-state index contributed by atoms with van der Waals surface area (Å²) < 4.78 is 28.3. The topological polar surface area (TPSA) is 175 Å². The van der Waals surface area contributed by atoms with Gasteiger partial charge in [-0.3, -0.25) is 14.4 Å². The van der Waals surface area contributed by atoms with Crippen molar-refractivity contribution in [3.05, 3.63) is 170 Å². The minimum absolute atomic E-state index is 0.117. The van der Waals surface area contributed by atoms with Crippen molar-refractivity contribution in [2.24, 2.45) is 0 Å². The first-order valence-electron chi connectivity index (χ1n) is 31.1. The van der Waals surface area contributed by atoms with Crippen LogP contribution in [-0.4, -0.2) is 89.2 Å². The SMILES string of the molecule is CC/C=C\C/C=C\C/C=C\C/C=C\C/C=C\CCCCCC(=O)OCC(COC1OC(C(=O)O)C(O)C(O)C1OC(=O)C/C=C\C/C=C\C/C=C\C/C=C\C/C=C\CC)OC(=O)CCCCCCCC/C=C\C/C=C\C/C=C\C/C=C\CC. The Morgan fingerprint density at radius 1 is 0.410 bits per heavy atom. The summed E-state index contributed by atoms with van der Waals surface area (Å²) in [7, 11) is 0. The first-order chi connectivity index (χ1) is 40.6. The van der Waals surface area contributed by atoms with E-state index in [2.05, 4.69) is 167 Å². The Kier molecular flexibility index (Phi) is 51.2. The lowest BCUT2D eigenvalue weighted by molar-refractivity contribution is -0.301. The van der Waals surface area contributed by atoms with E-state index in [1.807, 2.05) is 12.2 Å². The van der Waals surface area contributed by atoms with E-state index in [1.54, 1.807) is 12.2 Å². The average molecular weight is 1150 g/mol. The van der Waals surface area contributed by atoms with Crippen molar-refractivity contribution < 1.29 is 58.2 Å². The van der Waals surface area contributed by atoms with E-state index < -0.39 is 67.3 Å². The zero-order valence-electron chi connectivity index (χ0n) is 50.9. The van der Waals surface area contributed by atoms with E-state index in [-0.39, 0.29) is 25.9 Å². The fourth-order valence-electron chi connectivity index (χ4n) is 8.17.